The molecule has 1 saturated carbocycles. The number of ether oxygens (including phenoxy) is 2. The van der Waals surface area contributed by atoms with Gasteiger partial charge in [-0.25, -0.2) is 4.98 Å². The number of carbonyl (C=O) groups excluding carboxylic acids is 1. The highest BCUT2D eigenvalue weighted by Gasteiger charge is 2.45. The molecule has 2 N–H and O–H groups in total. The number of aromatic nitrogens is 2. The number of alkyl halides is 2. The van der Waals surface area contributed by atoms with Crippen molar-refractivity contribution in [1.29, 1.82) is 0 Å². The number of hydrogen-bond donors (Lipinski definition) is 2. The lowest BCUT2D eigenvalue weighted by molar-refractivity contribution is -0.140. The summed E-state index contributed by atoms with van der Waals surface area (Å²) in [4.78, 5) is 22.5. The maximum Gasteiger partial charge on any atom is 0.341 e. The van der Waals surface area contributed by atoms with Crippen molar-refractivity contribution in [1.82, 2.24) is 9.97 Å². The topological polar surface area (TPSA) is 88.6 Å². The van der Waals surface area contributed by atoms with Gasteiger partial charge in [0, 0.05) is 31.1 Å². The Morgan fingerprint density at radius 1 is 1.22 bits per heavy atom. The third-order valence-electron chi connectivity index (χ3n) is 6.01. The van der Waals surface area contributed by atoms with E-state index in [1.807, 2.05) is 12.1 Å². The van der Waals surface area contributed by atoms with E-state index in [9.17, 15) is 13.6 Å². The third-order valence-corrected chi connectivity index (χ3v) is 6.01. The molecule has 2 heterocycles. The molecule has 10 heteroatoms. The molecule has 0 atom stereocenters. The highest BCUT2D eigenvalue weighted by atomic mass is 19.3. The number of rotatable bonds is 6. The molecule has 1 aliphatic carbocycles. The second kappa shape index (κ2) is 8.76. The van der Waals surface area contributed by atoms with Gasteiger partial charge in [0.05, 0.1) is 26.5 Å². The minimum atomic E-state index is -3.52. The molecule has 0 saturated heterocycles. The van der Waals surface area contributed by atoms with Crippen molar-refractivity contribution in [2.45, 2.75) is 44.1 Å². The highest BCUT2D eigenvalue weighted by molar-refractivity contribution is 6.02. The monoisotopic (exact) mass is 447 g/mol. The van der Waals surface area contributed by atoms with Crippen molar-refractivity contribution in [3.05, 3.63) is 29.5 Å². The van der Waals surface area contributed by atoms with E-state index in [0.29, 0.717) is 35.4 Å². The maximum absolute atomic E-state index is 14.3. The van der Waals surface area contributed by atoms with Gasteiger partial charge in [0.1, 0.15) is 17.2 Å². The molecule has 1 fully saturated rings. The Morgan fingerprint density at radius 3 is 2.66 bits per heavy atom. The smallest absolute Gasteiger partial charge is 0.341 e. The Hall–Kier alpha value is -3.17. The Kier molecular flexibility index (Phi) is 6.03. The van der Waals surface area contributed by atoms with Crippen LogP contribution in [-0.2, 0) is 11.3 Å². The number of carbonyl (C=O) groups is 1. The molecule has 1 aromatic heterocycles. The van der Waals surface area contributed by atoms with E-state index in [2.05, 4.69) is 20.6 Å². The molecule has 1 aromatic carbocycles. The Bertz CT molecular complexity index is 1010. The molecular formula is C22H27F2N5O3. The average Bonchev–Trinajstić information content (AvgIpc) is 3.32. The van der Waals surface area contributed by atoms with Crippen molar-refractivity contribution in [2.24, 2.45) is 0 Å². The second-order valence-corrected chi connectivity index (χ2v) is 8.06. The fourth-order valence-corrected chi connectivity index (χ4v) is 4.28. The van der Waals surface area contributed by atoms with Gasteiger partial charge in [-0.05, 0) is 25.0 Å². The molecule has 0 bridgehead atoms. The molecule has 2 aliphatic rings. The number of nitrogens with zero attached hydrogens (tertiary/aromatic N) is 3. The Labute approximate surface area is 185 Å². The van der Waals surface area contributed by atoms with Crippen molar-refractivity contribution in [3.8, 4) is 11.5 Å². The fourth-order valence-electron chi connectivity index (χ4n) is 4.28. The molecular weight excluding hydrogens is 420 g/mol. The van der Waals surface area contributed by atoms with Crippen LogP contribution in [0.5, 0.6) is 11.5 Å². The zero-order valence-electron chi connectivity index (χ0n) is 18.4. The zero-order valence-corrected chi connectivity index (χ0v) is 18.4. The summed E-state index contributed by atoms with van der Waals surface area (Å²) in [6.45, 7) is -0.447. The molecule has 0 unspecified atom stereocenters. The van der Waals surface area contributed by atoms with Crippen LogP contribution in [0.4, 0.5) is 26.2 Å². The predicted octanol–water partition coefficient (Wildman–Crippen LogP) is 3.79. The van der Waals surface area contributed by atoms with Gasteiger partial charge in [0.25, 0.3) is 5.91 Å². The van der Waals surface area contributed by atoms with Crippen LogP contribution in [-0.4, -0.2) is 49.6 Å². The normalized spacial score (nSPS) is 18.0. The molecule has 0 spiro atoms. The molecule has 2 aromatic rings. The number of amides is 1. The van der Waals surface area contributed by atoms with Crippen LogP contribution in [0.3, 0.4) is 0 Å². The van der Waals surface area contributed by atoms with Crippen LogP contribution in [0.1, 0.15) is 42.9 Å². The van der Waals surface area contributed by atoms with Gasteiger partial charge in [-0.1, -0.05) is 12.8 Å². The van der Waals surface area contributed by atoms with Crippen LogP contribution in [0.2, 0.25) is 0 Å². The minimum absolute atomic E-state index is 0.0894. The van der Waals surface area contributed by atoms with Crippen LogP contribution < -0.4 is 25.0 Å². The Balaban J connectivity index is 1.68. The van der Waals surface area contributed by atoms with Gasteiger partial charge >= 0.3 is 5.92 Å². The number of halogens is 2. The standard InChI is InChI=1S/C22H27F2N5O3/c1-29-18-17(13-6-4-5-7-13)27-21(28-19(18)26-12-22(23,24)20(29)30)25-11-14-8-9-15(31-2)10-16(14)32-3/h8-10,13H,4-7,11-12H2,1-3H3,(H2,25,26,27,28). The van der Waals surface area contributed by atoms with E-state index in [-0.39, 0.29) is 11.7 Å². The molecule has 32 heavy (non-hydrogen) atoms. The van der Waals surface area contributed by atoms with Gasteiger partial charge in [0.2, 0.25) is 5.95 Å². The van der Waals surface area contributed by atoms with E-state index in [1.54, 1.807) is 20.3 Å². The van der Waals surface area contributed by atoms with Crippen molar-refractivity contribution in [3.63, 3.8) is 0 Å². The SMILES string of the molecule is COc1ccc(CNc2nc3c(c(C4CCCC4)n2)N(C)C(=O)C(F)(F)CN3)c(OC)c1. The summed E-state index contributed by atoms with van der Waals surface area (Å²) in [5, 5.41) is 5.85. The lowest BCUT2D eigenvalue weighted by Crippen LogP contribution is -2.43. The number of hydrogen-bond acceptors (Lipinski definition) is 7. The zero-order chi connectivity index (χ0) is 22.9. The lowest BCUT2D eigenvalue weighted by atomic mass is 10.0. The van der Waals surface area contributed by atoms with E-state index in [4.69, 9.17) is 9.47 Å². The van der Waals surface area contributed by atoms with E-state index in [1.165, 1.54) is 7.05 Å². The number of nitrogens with one attached hydrogen (secondary N) is 2. The summed E-state index contributed by atoms with van der Waals surface area (Å²) >= 11 is 0. The van der Waals surface area contributed by atoms with Gasteiger partial charge in [-0.2, -0.15) is 13.8 Å². The second-order valence-electron chi connectivity index (χ2n) is 8.06. The molecule has 8 nitrogen and oxygen atoms in total. The number of fused-ring (bicyclic) bond motifs is 1. The number of methoxy groups -OCH3 is 2. The third kappa shape index (κ3) is 4.13. The van der Waals surface area contributed by atoms with Crippen LogP contribution in [0, 0.1) is 0 Å². The molecule has 1 amide bonds. The first-order valence-corrected chi connectivity index (χ1v) is 10.6. The van der Waals surface area contributed by atoms with Gasteiger partial charge in [-0.15, -0.1) is 0 Å². The first kappa shape index (κ1) is 22.0. The fraction of sp³-hybridized carbons (Fsp3) is 0.500. The lowest BCUT2D eigenvalue weighted by Gasteiger charge is -2.24. The molecule has 0 radical (unpaired) electrons. The summed E-state index contributed by atoms with van der Waals surface area (Å²) in [5.74, 6) is -2.83. The van der Waals surface area contributed by atoms with Crippen LogP contribution in [0.25, 0.3) is 0 Å². The summed E-state index contributed by atoms with van der Waals surface area (Å²) in [5.41, 5.74) is 1.82. The van der Waals surface area contributed by atoms with Gasteiger partial charge in [0.15, 0.2) is 5.82 Å². The van der Waals surface area contributed by atoms with Crippen molar-refractivity contribution in [2.75, 3.05) is 43.3 Å². The van der Waals surface area contributed by atoms with Crippen LogP contribution in [0.15, 0.2) is 18.2 Å². The van der Waals surface area contributed by atoms with Crippen LogP contribution >= 0.6 is 0 Å². The minimum Gasteiger partial charge on any atom is -0.497 e. The molecule has 1 aliphatic heterocycles. The maximum atomic E-state index is 14.3. The van der Waals surface area contributed by atoms with Gasteiger partial charge in [-0.3, -0.25) is 4.79 Å². The molecule has 172 valence electrons. The van der Waals surface area contributed by atoms with E-state index < -0.39 is 18.4 Å². The van der Waals surface area contributed by atoms with Crippen molar-refractivity contribution < 1.29 is 23.0 Å². The average molecular weight is 447 g/mol. The first-order chi connectivity index (χ1) is 15.3. The quantitative estimate of drug-likeness (QED) is 0.697. The van der Waals surface area contributed by atoms with Crippen molar-refractivity contribution >= 4 is 23.4 Å². The summed E-state index contributed by atoms with van der Waals surface area (Å²) in [7, 11) is 4.52. The molecule has 4 rings (SSSR count). The Morgan fingerprint density at radius 2 is 1.97 bits per heavy atom. The summed E-state index contributed by atoms with van der Waals surface area (Å²) in [6, 6.07) is 5.48. The number of anilines is 3. The summed E-state index contributed by atoms with van der Waals surface area (Å²) in [6.07, 6.45) is 3.87. The summed E-state index contributed by atoms with van der Waals surface area (Å²) < 4.78 is 39.2. The van der Waals surface area contributed by atoms with E-state index in [0.717, 1.165) is 36.1 Å². The first-order valence-electron chi connectivity index (χ1n) is 10.6. The predicted molar refractivity (Wildman–Crippen MR) is 117 cm³/mol. The highest BCUT2D eigenvalue weighted by Crippen LogP contribution is 2.43. The van der Waals surface area contributed by atoms with Gasteiger partial charge < -0.3 is 25.0 Å². The number of benzene rings is 1. The van der Waals surface area contributed by atoms with E-state index >= 15 is 0 Å². The largest absolute Gasteiger partial charge is 0.497 e.